The number of benzene rings is 2. The molecule has 33 heavy (non-hydrogen) atoms. The zero-order valence-electron chi connectivity index (χ0n) is 18.7. The Balaban J connectivity index is 0.00000306. The van der Waals surface area contributed by atoms with Crippen molar-refractivity contribution in [3.8, 4) is 5.69 Å². The second-order valence-electron chi connectivity index (χ2n) is 7.69. The Labute approximate surface area is 211 Å². The van der Waals surface area contributed by atoms with E-state index in [1.54, 1.807) is 36.4 Å². The van der Waals surface area contributed by atoms with E-state index < -0.39 is 0 Å². The maximum Gasteiger partial charge on any atom is 0.191 e. The van der Waals surface area contributed by atoms with Crippen molar-refractivity contribution >= 4 is 29.9 Å². The molecular weight excluding hydrogens is 534 g/mol. The number of nitrogens with one attached hydrogen (secondary N) is 2. The predicted molar refractivity (Wildman–Crippen MR) is 139 cm³/mol. The van der Waals surface area contributed by atoms with E-state index in [2.05, 4.69) is 49.8 Å². The maximum atomic E-state index is 14.5. The van der Waals surface area contributed by atoms with Gasteiger partial charge < -0.3 is 19.9 Å². The summed E-state index contributed by atoms with van der Waals surface area (Å²) in [5.74, 6) is 0.382. The number of morpholine rings is 1. The van der Waals surface area contributed by atoms with Gasteiger partial charge in [0.1, 0.15) is 5.82 Å². The first kappa shape index (κ1) is 25.1. The largest absolute Gasteiger partial charge is 0.379 e. The van der Waals surface area contributed by atoms with Crippen LogP contribution in [0.4, 0.5) is 4.39 Å². The highest BCUT2D eigenvalue weighted by Crippen LogP contribution is 2.15. The Bertz CT molecular complexity index is 1040. The third-order valence-corrected chi connectivity index (χ3v) is 5.54. The minimum absolute atomic E-state index is 0. The Morgan fingerprint density at radius 1 is 1.09 bits per heavy atom. The lowest BCUT2D eigenvalue weighted by molar-refractivity contribution is 0.0341. The highest BCUT2D eigenvalue weighted by Gasteiger charge is 2.13. The molecule has 0 unspecified atom stereocenters. The molecule has 1 aliphatic rings. The molecule has 4 rings (SSSR count). The summed E-state index contributed by atoms with van der Waals surface area (Å²) in [6.45, 7) is 5.55. The average molecular weight is 564 g/mol. The normalized spacial score (nSPS) is 14.5. The second kappa shape index (κ2) is 12.7. The molecule has 0 amide bonds. The molecule has 1 aromatic heterocycles. The van der Waals surface area contributed by atoms with Gasteiger partial charge in [-0.15, -0.1) is 24.0 Å². The van der Waals surface area contributed by atoms with Crippen LogP contribution in [0.25, 0.3) is 5.69 Å². The van der Waals surface area contributed by atoms with E-state index in [9.17, 15) is 4.39 Å². The molecule has 0 aliphatic carbocycles. The fourth-order valence-electron chi connectivity index (χ4n) is 3.74. The third-order valence-electron chi connectivity index (χ3n) is 5.54. The number of imidazole rings is 1. The molecule has 0 radical (unpaired) electrons. The molecule has 2 aromatic carbocycles. The van der Waals surface area contributed by atoms with Gasteiger partial charge >= 0.3 is 0 Å². The van der Waals surface area contributed by atoms with E-state index in [4.69, 9.17) is 4.74 Å². The van der Waals surface area contributed by atoms with Gasteiger partial charge in [-0.3, -0.25) is 9.89 Å². The van der Waals surface area contributed by atoms with Gasteiger partial charge in [-0.1, -0.05) is 30.3 Å². The van der Waals surface area contributed by atoms with E-state index in [-0.39, 0.29) is 29.8 Å². The van der Waals surface area contributed by atoms with Crippen LogP contribution in [-0.2, 0) is 24.4 Å². The number of rotatable bonds is 7. The summed E-state index contributed by atoms with van der Waals surface area (Å²) in [5.41, 5.74) is 3.85. The van der Waals surface area contributed by atoms with Gasteiger partial charge in [-0.05, 0) is 28.8 Å². The Kier molecular flexibility index (Phi) is 9.64. The summed E-state index contributed by atoms with van der Waals surface area (Å²) in [7, 11) is 1.73. The van der Waals surface area contributed by atoms with Crippen molar-refractivity contribution in [1.29, 1.82) is 0 Å². The average Bonchev–Trinajstić information content (AvgIpc) is 3.35. The summed E-state index contributed by atoms with van der Waals surface area (Å²) < 4.78 is 21.6. The summed E-state index contributed by atoms with van der Waals surface area (Å²) in [4.78, 5) is 10.7. The lowest BCUT2D eigenvalue weighted by atomic mass is 10.1. The smallest absolute Gasteiger partial charge is 0.191 e. The van der Waals surface area contributed by atoms with Crippen molar-refractivity contribution in [2.24, 2.45) is 4.99 Å². The molecule has 0 bridgehead atoms. The Morgan fingerprint density at radius 2 is 1.85 bits per heavy atom. The number of guanidine groups is 1. The quantitative estimate of drug-likeness (QED) is 0.262. The van der Waals surface area contributed by atoms with E-state index in [0.29, 0.717) is 24.7 Å². The fourth-order valence-corrected chi connectivity index (χ4v) is 3.74. The molecular formula is C24H30FIN6O. The van der Waals surface area contributed by atoms with Gasteiger partial charge in [0.2, 0.25) is 0 Å². The van der Waals surface area contributed by atoms with Gasteiger partial charge in [0.25, 0.3) is 0 Å². The van der Waals surface area contributed by atoms with E-state index in [0.717, 1.165) is 38.4 Å². The van der Waals surface area contributed by atoms with Crippen LogP contribution in [0.5, 0.6) is 0 Å². The van der Waals surface area contributed by atoms with Crippen LogP contribution in [-0.4, -0.2) is 53.8 Å². The molecule has 1 fully saturated rings. The fraction of sp³-hybridized carbons (Fsp3) is 0.333. The lowest BCUT2D eigenvalue weighted by Gasteiger charge is -2.27. The zero-order chi connectivity index (χ0) is 22.2. The molecule has 3 aromatic rings. The standard InChI is InChI=1S/C24H29FN6O.HI/c1-26-24(28-15-19-6-7-23(22(25)14-19)31-9-8-27-18-31)29-16-20-4-2-3-5-21(20)17-30-10-12-32-13-11-30;/h2-9,14,18H,10-13,15-17H2,1H3,(H2,26,28,29);1H. The molecule has 2 heterocycles. The van der Waals surface area contributed by atoms with Crippen LogP contribution in [0.3, 0.4) is 0 Å². The number of hydrogen-bond acceptors (Lipinski definition) is 4. The first-order valence-corrected chi connectivity index (χ1v) is 10.8. The summed E-state index contributed by atoms with van der Waals surface area (Å²) in [6.07, 6.45) is 4.93. The van der Waals surface area contributed by atoms with Crippen molar-refractivity contribution < 1.29 is 9.13 Å². The van der Waals surface area contributed by atoms with Gasteiger partial charge in [0.15, 0.2) is 5.96 Å². The van der Waals surface area contributed by atoms with Gasteiger partial charge in [0.05, 0.1) is 25.2 Å². The second-order valence-corrected chi connectivity index (χ2v) is 7.69. The molecule has 0 spiro atoms. The molecule has 2 N–H and O–H groups in total. The number of halogens is 2. The summed E-state index contributed by atoms with van der Waals surface area (Å²) in [5, 5.41) is 6.64. The van der Waals surface area contributed by atoms with Crippen LogP contribution in [0, 0.1) is 5.82 Å². The highest BCUT2D eigenvalue weighted by molar-refractivity contribution is 14.0. The summed E-state index contributed by atoms with van der Waals surface area (Å²) >= 11 is 0. The highest BCUT2D eigenvalue weighted by atomic mass is 127. The van der Waals surface area contributed by atoms with Crippen LogP contribution in [0.1, 0.15) is 16.7 Å². The lowest BCUT2D eigenvalue weighted by Crippen LogP contribution is -2.37. The van der Waals surface area contributed by atoms with E-state index in [1.165, 1.54) is 17.2 Å². The number of nitrogens with zero attached hydrogens (tertiary/aromatic N) is 4. The number of aromatic nitrogens is 2. The molecule has 0 atom stereocenters. The van der Waals surface area contributed by atoms with E-state index >= 15 is 0 Å². The van der Waals surface area contributed by atoms with E-state index in [1.807, 2.05) is 6.07 Å². The SMILES string of the molecule is CN=C(NCc1ccc(-n2ccnc2)c(F)c1)NCc1ccccc1CN1CCOCC1.I. The minimum atomic E-state index is -0.290. The van der Waals surface area contributed by atoms with Crippen molar-refractivity contribution in [2.45, 2.75) is 19.6 Å². The zero-order valence-corrected chi connectivity index (χ0v) is 21.0. The first-order valence-electron chi connectivity index (χ1n) is 10.8. The van der Waals surface area contributed by atoms with Crippen molar-refractivity contribution in [1.82, 2.24) is 25.1 Å². The topological polar surface area (TPSA) is 66.7 Å². The third kappa shape index (κ3) is 6.99. The van der Waals surface area contributed by atoms with Gasteiger partial charge in [-0.2, -0.15) is 0 Å². The Hall–Kier alpha value is -2.50. The van der Waals surface area contributed by atoms with Crippen molar-refractivity contribution in [3.63, 3.8) is 0 Å². The number of hydrogen-bond donors (Lipinski definition) is 2. The first-order chi connectivity index (χ1) is 15.7. The Morgan fingerprint density at radius 3 is 2.55 bits per heavy atom. The molecule has 0 saturated carbocycles. The maximum absolute atomic E-state index is 14.5. The molecule has 1 saturated heterocycles. The minimum Gasteiger partial charge on any atom is -0.379 e. The van der Waals surface area contributed by atoms with Crippen molar-refractivity contribution in [3.05, 3.63) is 83.7 Å². The number of aliphatic imine (C=N–C) groups is 1. The van der Waals surface area contributed by atoms with Crippen LogP contribution in [0.15, 0.2) is 66.2 Å². The predicted octanol–water partition coefficient (Wildman–Crippen LogP) is 3.33. The summed E-state index contributed by atoms with van der Waals surface area (Å²) in [6, 6.07) is 13.6. The van der Waals surface area contributed by atoms with Crippen LogP contribution in [0.2, 0.25) is 0 Å². The molecule has 1 aliphatic heterocycles. The van der Waals surface area contributed by atoms with Gasteiger partial charge in [-0.25, -0.2) is 9.37 Å². The van der Waals surface area contributed by atoms with Crippen molar-refractivity contribution in [2.75, 3.05) is 33.4 Å². The van der Waals surface area contributed by atoms with Crippen LogP contribution >= 0.6 is 24.0 Å². The molecule has 9 heteroatoms. The number of ether oxygens (including phenoxy) is 1. The monoisotopic (exact) mass is 564 g/mol. The van der Waals surface area contributed by atoms with Gasteiger partial charge in [0, 0.05) is 52.2 Å². The molecule has 7 nitrogen and oxygen atoms in total. The van der Waals surface area contributed by atoms with Crippen LogP contribution < -0.4 is 10.6 Å². The molecule has 176 valence electrons.